The van der Waals surface area contributed by atoms with E-state index in [2.05, 4.69) is 67.5 Å². The fourth-order valence-corrected chi connectivity index (χ4v) is 5.05. The fourth-order valence-electron chi connectivity index (χ4n) is 5.05. The second-order valence-electron chi connectivity index (χ2n) is 9.00. The average molecular weight is 432 g/mol. The van der Waals surface area contributed by atoms with Gasteiger partial charge in [-0.3, -0.25) is 0 Å². The van der Waals surface area contributed by atoms with Crippen LogP contribution >= 0.6 is 0 Å². The van der Waals surface area contributed by atoms with Gasteiger partial charge < -0.3 is 10.0 Å². The van der Waals surface area contributed by atoms with Gasteiger partial charge in [0.25, 0.3) is 0 Å². The molecule has 0 spiro atoms. The van der Waals surface area contributed by atoms with Gasteiger partial charge in [0.2, 0.25) is 0 Å². The maximum atomic E-state index is 12.8. The zero-order valence-electron chi connectivity index (χ0n) is 19.2. The molecule has 0 aliphatic heterocycles. The number of hydrogen-bond acceptors (Lipinski definition) is 2. The van der Waals surface area contributed by atoms with Crippen molar-refractivity contribution < 1.29 is 5.11 Å². The molecule has 0 saturated carbocycles. The van der Waals surface area contributed by atoms with E-state index >= 15 is 0 Å². The van der Waals surface area contributed by atoms with Gasteiger partial charge >= 0.3 is 0 Å². The molecule has 0 saturated heterocycles. The van der Waals surface area contributed by atoms with Crippen LogP contribution in [-0.2, 0) is 5.60 Å². The van der Waals surface area contributed by atoms with Crippen molar-refractivity contribution in [3.05, 3.63) is 137 Å². The molecule has 0 atom stereocenters. The summed E-state index contributed by atoms with van der Waals surface area (Å²) in [4.78, 5) is 2.20. The molecule has 0 radical (unpaired) electrons. The molecule has 0 bridgehead atoms. The Hall–Kier alpha value is -3.46. The van der Waals surface area contributed by atoms with Gasteiger partial charge in [-0.2, -0.15) is 0 Å². The van der Waals surface area contributed by atoms with E-state index in [-0.39, 0.29) is 0 Å². The highest BCUT2D eigenvalue weighted by molar-refractivity contribution is 5.94. The van der Waals surface area contributed by atoms with Gasteiger partial charge in [0.1, 0.15) is 5.60 Å². The predicted molar refractivity (Wildman–Crippen MR) is 138 cm³/mol. The highest BCUT2D eigenvalue weighted by atomic mass is 16.3. The van der Waals surface area contributed by atoms with Crippen molar-refractivity contribution in [3.8, 4) is 0 Å². The van der Waals surface area contributed by atoms with Crippen molar-refractivity contribution >= 4 is 16.3 Å². The molecule has 164 valence electrons. The van der Waals surface area contributed by atoms with Gasteiger partial charge in [-0.25, -0.2) is 0 Å². The molecular formula is C31H29NO. The standard InChI is InChI=1S/C31H29NO/c1-32(2)22-24-13-11-19-27(24)29-21-20-23-12-9-10-18-28(23)30(29)31(33,25-14-5-3-6-15-25)26-16-7-4-8-17-26/h3-18,20-21,33H,19,22H2,1-2H3. The Bertz CT molecular complexity index is 1290. The SMILES string of the molecule is CN(C)CC1=C(c2ccc3ccccc3c2C(O)(c2ccccc2)c2ccccc2)CC=C1. The minimum absolute atomic E-state index is 0.868. The van der Waals surface area contributed by atoms with Crippen molar-refractivity contribution in [2.45, 2.75) is 12.0 Å². The summed E-state index contributed by atoms with van der Waals surface area (Å²) in [6.07, 6.45) is 5.34. The number of aliphatic hydroxyl groups is 1. The van der Waals surface area contributed by atoms with Crippen molar-refractivity contribution in [2.75, 3.05) is 20.6 Å². The Kier molecular flexibility index (Phi) is 5.72. The van der Waals surface area contributed by atoms with Gasteiger partial charge in [-0.1, -0.05) is 109 Å². The molecule has 1 aliphatic rings. The van der Waals surface area contributed by atoms with Crippen LogP contribution in [0.3, 0.4) is 0 Å². The smallest absolute Gasteiger partial charge is 0.141 e. The summed E-state index contributed by atoms with van der Waals surface area (Å²) in [7, 11) is 4.20. The third-order valence-corrected chi connectivity index (χ3v) is 6.51. The summed E-state index contributed by atoms with van der Waals surface area (Å²) in [5, 5.41) is 15.0. The minimum atomic E-state index is -1.29. The van der Waals surface area contributed by atoms with Crippen LogP contribution in [0, 0.1) is 0 Å². The van der Waals surface area contributed by atoms with Crippen LogP contribution in [0.15, 0.2) is 115 Å². The topological polar surface area (TPSA) is 23.5 Å². The molecule has 1 aliphatic carbocycles. The first-order valence-electron chi connectivity index (χ1n) is 11.5. The molecular weight excluding hydrogens is 402 g/mol. The molecule has 0 unspecified atom stereocenters. The number of nitrogens with zero attached hydrogens (tertiary/aromatic N) is 1. The summed E-state index contributed by atoms with van der Waals surface area (Å²) in [6, 6.07) is 32.9. The molecule has 33 heavy (non-hydrogen) atoms. The van der Waals surface area contributed by atoms with E-state index < -0.39 is 5.60 Å². The Morgan fingerprint density at radius 1 is 0.758 bits per heavy atom. The van der Waals surface area contributed by atoms with Gasteiger partial charge in [-0.15, -0.1) is 0 Å². The zero-order chi connectivity index (χ0) is 22.8. The molecule has 4 aromatic carbocycles. The normalized spacial score (nSPS) is 13.9. The maximum absolute atomic E-state index is 12.8. The Balaban J connectivity index is 1.88. The van der Waals surface area contributed by atoms with E-state index in [0.29, 0.717) is 0 Å². The minimum Gasteiger partial charge on any atom is -0.376 e. The predicted octanol–water partition coefficient (Wildman–Crippen LogP) is 6.40. The molecule has 2 nitrogen and oxygen atoms in total. The van der Waals surface area contributed by atoms with Crippen molar-refractivity contribution in [2.24, 2.45) is 0 Å². The van der Waals surface area contributed by atoms with Crippen LogP contribution in [0.1, 0.15) is 28.7 Å². The Morgan fingerprint density at radius 3 is 2.00 bits per heavy atom. The first kappa shape index (κ1) is 21.4. The van der Waals surface area contributed by atoms with E-state index in [9.17, 15) is 5.11 Å². The van der Waals surface area contributed by atoms with Crippen molar-refractivity contribution in [1.82, 2.24) is 4.90 Å². The molecule has 0 aromatic heterocycles. The first-order chi connectivity index (χ1) is 16.1. The van der Waals surface area contributed by atoms with Gasteiger partial charge in [0.15, 0.2) is 0 Å². The number of benzene rings is 4. The van der Waals surface area contributed by atoms with E-state index in [1.807, 2.05) is 60.7 Å². The summed E-state index contributed by atoms with van der Waals surface area (Å²) in [5.41, 5.74) is 5.11. The molecule has 0 fully saturated rings. The second kappa shape index (κ2) is 8.82. The highest BCUT2D eigenvalue weighted by Crippen LogP contribution is 2.45. The maximum Gasteiger partial charge on any atom is 0.141 e. The van der Waals surface area contributed by atoms with Crippen LogP contribution in [-0.4, -0.2) is 30.6 Å². The lowest BCUT2D eigenvalue weighted by Crippen LogP contribution is -2.30. The Labute approximate surface area is 196 Å². The third-order valence-electron chi connectivity index (χ3n) is 6.51. The quantitative estimate of drug-likeness (QED) is 0.357. The van der Waals surface area contributed by atoms with Gasteiger partial charge in [0, 0.05) is 12.1 Å². The third kappa shape index (κ3) is 3.82. The molecule has 2 heteroatoms. The second-order valence-corrected chi connectivity index (χ2v) is 9.00. The number of likely N-dealkylation sites (N-methyl/N-ethyl adjacent to an activating group) is 1. The van der Waals surface area contributed by atoms with Gasteiger partial charge in [0.05, 0.1) is 0 Å². The van der Waals surface area contributed by atoms with Gasteiger partial charge in [-0.05, 0) is 59.1 Å². The first-order valence-corrected chi connectivity index (χ1v) is 11.5. The van der Waals surface area contributed by atoms with Crippen LogP contribution < -0.4 is 0 Å². The zero-order valence-corrected chi connectivity index (χ0v) is 19.2. The molecule has 4 aromatic rings. The summed E-state index contributed by atoms with van der Waals surface area (Å²) in [6.45, 7) is 0.868. The number of fused-ring (bicyclic) bond motifs is 1. The highest BCUT2D eigenvalue weighted by Gasteiger charge is 2.38. The van der Waals surface area contributed by atoms with Crippen LogP contribution in [0.25, 0.3) is 16.3 Å². The van der Waals surface area contributed by atoms with Crippen molar-refractivity contribution in [3.63, 3.8) is 0 Å². The number of rotatable bonds is 6. The largest absolute Gasteiger partial charge is 0.376 e. The number of allylic oxidation sites excluding steroid dienone is 2. The summed E-state index contributed by atoms with van der Waals surface area (Å²) < 4.78 is 0. The van der Waals surface area contributed by atoms with Crippen molar-refractivity contribution in [1.29, 1.82) is 0 Å². The summed E-state index contributed by atoms with van der Waals surface area (Å²) in [5.74, 6) is 0. The average Bonchev–Trinajstić information content (AvgIpc) is 3.31. The monoisotopic (exact) mass is 431 g/mol. The molecule has 0 amide bonds. The summed E-state index contributed by atoms with van der Waals surface area (Å²) >= 11 is 0. The van der Waals surface area contributed by atoms with Crippen LogP contribution in [0.5, 0.6) is 0 Å². The number of hydrogen-bond donors (Lipinski definition) is 1. The van der Waals surface area contributed by atoms with E-state index in [1.165, 1.54) is 11.1 Å². The fraction of sp³-hybridized carbons (Fsp3) is 0.161. The molecule has 5 rings (SSSR count). The van der Waals surface area contributed by atoms with E-state index in [1.54, 1.807) is 0 Å². The van der Waals surface area contributed by atoms with E-state index in [0.717, 1.165) is 46.0 Å². The Morgan fingerprint density at radius 2 is 1.36 bits per heavy atom. The lowest BCUT2D eigenvalue weighted by molar-refractivity contribution is 0.127. The van der Waals surface area contributed by atoms with E-state index in [4.69, 9.17) is 0 Å². The molecule has 0 heterocycles. The lowest BCUT2D eigenvalue weighted by atomic mass is 9.74. The molecule has 1 N–H and O–H groups in total. The van der Waals surface area contributed by atoms with Crippen LogP contribution in [0.2, 0.25) is 0 Å². The van der Waals surface area contributed by atoms with Crippen LogP contribution in [0.4, 0.5) is 0 Å². The lowest BCUT2D eigenvalue weighted by Gasteiger charge is -2.34.